The number of pyridine rings is 1. The van der Waals surface area contributed by atoms with Crippen molar-refractivity contribution in [3.8, 4) is 10.6 Å². The Kier molecular flexibility index (Phi) is 5.58. The Morgan fingerprint density at radius 1 is 1.14 bits per heavy atom. The predicted molar refractivity (Wildman–Crippen MR) is 83.6 cm³/mol. The first-order valence-electron chi connectivity index (χ1n) is 6.66. The van der Waals surface area contributed by atoms with Crippen LogP contribution in [0, 0.1) is 20.8 Å². The van der Waals surface area contributed by atoms with Crippen LogP contribution in [0.1, 0.15) is 26.4 Å². The summed E-state index contributed by atoms with van der Waals surface area (Å²) in [5.74, 6) is -1.17. The molecule has 0 saturated heterocycles. The minimum atomic E-state index is -1.17. The van der Waals surface area contributed by atoms with Crippen LogP contribution in [0.15, 0.2) is 30.3 Å². The van der Waals surface area contributed by atoms with E-state index in [1.807, 2.05) is 39.0 Å². The second-order valence-electron chi connectivity index (χ2n) is 5.16. The van der Waals surface area contributed by atoms with Gasteiger partial charge in [-0.15, -0.1) is 11.3 Å². The SMILES string of the molecule is Cc1ccc(-c2cc(C(=O)[O-])c3ccc(C)c(C)c3n2)s1.[K+]. The number of aromatic carboxylic acids is 1. The predicted octanol–water partition coefficient (Wildman–Crippen LogP) is 0.256. The Hall–Kier alpha value is -0.564. The van der Waals surface area contributed by atoms with Crippen LogP contribution < -0.4 is 56.5 Å². The summed E-state index contributed by atoms with van der Waals surface area (Å²) in [6.45, 7) is 5.98. The van der Waals surface area contributed by atoms with Gasteiger partial charge in [0.15, 0.2) is 0 Å². The fourth-order valence-corrected chi connectivity index (χ4v) is 3.23. The van der Waals surface area contributed by atoms with E-state index in [0.29, 0.717) is 11.1 Å². The summed E-state index contributed by atoms with van der Waals surface area (Å²) < 4.78 is 0. The number of carbonyl (C=O) groups is 1. The quantitative estimate of drug-likeness (QED) is 0.631. The van der Waals surface area contributed by atoms with E-state index in [2.05, 4.69) is 4.98 Å². The van der Waals surface area contributed by atoms with E-state index < -0.39 is 5.97 Å². The van der Waals surface area contributed by atoms with Gasteiger partial charge in [-0.2, -0.15) is 0 Å². The van der Waals surface area contributed by atoms with Gasteiger partial charge in [-0.25, -0.2) is 4.98 Å². The molecule has 0 N–H and O–H groups in total. The third-order valence-corrected chi connectivity index (χ3v) is 4.74. The molecular formula is C17H14KNO2S. The van der Waals surface area contributed by atoms with Gasteiger partial charge in [-0.1, -0.05) is 12.1 Å². The van der Waals surface area contributed by atoms with Crippen molar-refractivity contribution < 1.29 is 61.3 Å². The minimum Gasteiger partial charge on any atom is -0.545 e. The molecule has 3 aromatic rings. The first-order valence-corrected chi connectivity index (χ1v) is 7.48. The summed E-state index contributed by atoms with van der Waals surface area (Å²) in [7, 11) is 0. The van der Waals surface area contributed by atoms with E-state index in [4.69, 9.17) is 0 Å². The molecule has 2 heterocycles. The van der Waals surface area contributed by atoms with E-state index in [1.165, 1.54) is 4.88 Å². The second-order valence-corrected chi connectivity index (χ2v) is 6.44. The molecule has 2 aromatic heterocycles. The Morgan fingerprint density at radius 3 is 2.45 bits per heavy atom. The molecule has 3 rings (SSSR count). The number of hydrogen-bond donors (Lipinski definition) is 0. The molecule has 0 saturated carbocycles. The number of nitrogens with zero attached hydrogens (tertiary/aromatic N) is 1. The van der Waals surface area contributed by atoms with Crippen LogP contribution in [-0.2, 0) is 0 Å². The normalized spacial score (nSPS) is 10.5. The molecule has 0 radical (unpaired) electrons. The van der Waals surface area contributed by atoms with Gasteiger partial charge in [0.25, 0.3) is 0 Å². The van der Waals surface area contributed by atoms with E-state index >= 15 is 0 Å². The maximum absolute atomic E-state index is 11.5. The monoisotopic (exact) mass is 335 g/mol. The van der Waals surface area contributed by atoms with Crippen molar-refractivity contribution in [3.63, 3.8) is 0 Å². The maximum atomic E-state index is 11.5. The van der Waals surface area contributed by atoms with Crippen LogP contribution in [0.2, 0.25) is 0 Å². The van der Waals surface area contributed by atoms with Crippen molar-refractivity contribution in [1.82, 2.24) is 4.98 Å². The van der Waals surface area contributed by atoms with Crippen LogP contribution in [0.3, 0.4) is 0 Å². The largest absolute Gasteiger partial charge is 1.00 e. The molecule has 0 aliphatic carbocycles. The van der Waals surface area contributed by atoms with Gasteiger partial charge in [-0.05, 0) is 50.1 Å². The van der Waals surface area contributed by atoms with Crippen molar-refractivity contribution in [2.75, 3.05) is 0 Å². The zero-order chi connectivity index (χ0) is 15.1. The van der Waals surface area contributed by atoms with Gasteiger partial charge in [-0.3, -0.25) is 0 Å². The van der Waals surface area contributed by atoms with E-state index in [0.717, 1.165) is 21.5 Å². The maximum Gasteiger partial charge on any atom is 1.00 e. The molecule has 5 heteroatoms. The molecule has 0 bridgehead atoms. The van der Waals surface area contributed by atoms with Crippen LogP contribution in [0.4, 0.5) is 0 Å². The van der Waals surface area contributed by atoms with Crippen molar-refractivity contribution in [1.29, 1.82) is 0 Å². The Bertz CT molecular complexity index is 870. The summed E-state index contributed by atoms with van der Waals surface area (Å²) in [4.78, 5) is 18.3. The van der Waals surface area contributed by atoms with Gasteiger partial charge in [0.2, 0.25) is 0 Å². The first-order chi connectivity index (χ1) is 9.97. The molecule has 3 nitrogen and oxygen atoms in total. The number of aromatic nitrogens is 1. The number of carboxylic acid groups (broad SMARTS) is 1. The van der Waals surface area contributed by atoms with Gasteiger partial charge in [0, 0.05) is 15.8 Å². The number of benzene rings is 1. The van der Waals surface area contributed by atoms with Crippen LogP contribution in [0.5, 0.6) is 0 Å². The van der Waals surface area contributed by atoms with Gasteiger partial charge in [0.1, 0.15) is 0 Å². The van der Waals surface area contributed by atoms with Crippen molar-refractivity contribution in [2.45, 2.75) is 20.8 Å². The summed E-state index contributed by atoms with van der Waals surface area (Å²) in [6, 6.07) is 9.31. The van der Waals surface area contributed by atoms with Gasteiger partial charge in [0.05, 0.1) is 22.1 Å². The van der Waals surface area contributed by atoms with Crippen molar-refractivity contribution in [3.05, 3.63) is 51.9 Å². The number of carbonyl (C=O) groups excluding carboxylic acids is 1. The van der Waals surface area contributed by atoms with E-state index in [1.54, 1.807) is 23.5 Å². The molecule has 0 spiro atoms. The molecule has 0 unspecified atom stereocenters. The summed E-state index contributed by atoms with van der Waals surface area (Å²) in [6.07, 6.45) is 0. The summed E-state index contributed by atoms with van der Waals surface area (Å²) >= 11 is 1.60. The fraction of sp³-hybridized carbons (Fsp3) is 0.176. The molecular weight excluding hydrogens is 321 g/mol. The summed E-state index contributed by atoms with van der Waals surface area (Å²) in [5, 5.41) is 12.1. The number of carboxylic acids is 1. The van der Waals surface area contributed by atoms with Crippen molar-refractivity contribution >= 4 is 28.2 Å². The molecule has 0 atom stereocenters. The van der Waals surface area contributed by atoms with Gasteiger partial charge >= 0.3 is 51.4 Å². The number of hydrogen-bond acceptors (Lipinski definition) is 4. The fourth-order valence-electron chi connectivity index (χ4n) is 2.40. The smallest absolute Gasteiger partial charge is 0.545 e. The molecule has 0 aliphatic rings. The number of aryl methyl sites for hydroxylation is 3. The average Bonchev–Trinajstić information content (AvgIpc) is 2.88. The number of rotatable bonds is 2. The number of fused-ring (bicyclic) bond motifs is 1. The van der Waals surface area contributed by atoms with Crippen LogP contribution in [0.25, 0.3) is 21.5 Å². The standard InChI is InChI=1S/C17H15NO2S.K/c1-9-4-6-12-13(17(19)20)8-14(18-16(12)11(9)3)15-7-5-10(2)21-15;/h4-8H,1-3H3,(H,19,20);/q;+1/p-1. The third-order valence-electron chi connectivity index (χ3n) is 3.72. The van der Waals surface area contributed by atoms with E-state index in [9.17, 15) is 9.90 Å². The van der Waals surface area contributed by atoms with Crippen LogP contribution >= 0.6 is 11.3 Å². The van der Waals surface area contributed by atoms with Gasteiger partial charge < -0.3 is 9.90 Å². The zero-order valence-corrected chi connectivity index (χ0v) is 17.0. The summed E-state index contributed by atoms with van der Waals surface area (Å²) in [5.41, 5.74) is 3.72. The topological polar surface area (TPSA) is 53.0 Å². The Labute approximate surface area is 175 Å². The Balaban J connectivity index is 0.00000176. The molecule has 1 aromatic carbocycles. The minimum absolute atomic E-state index is 0. The molecule has 0 aliphatic heterocycles. The molecule has 106 valence electrons. The third kappa shape index (κ3) is 3.20. The molecule has 0 fully saturated rings. The van der Waals surface area contributed by atoms with E-state index in [-0.39, 0.29) is 56.9 Å². The number of thiophene rings is 1. The zero-order valence-electron chi connectivity index (χ0n) is 13.1. The van der Waals surface area contributed by atoms with Crippen LogP contribution in [-0.4, -0.2) is 11.0 Å². The molecule has 0 amide bonds. The second kappa shape index (κ2) is 6.91. The average molecular weight is 335 g/mol. The first kappa shape index (κ1) is 17.8. The van der Waals surface area contributed by atoms with Crippen molar-refractivity contribution in [2.24, 2.45) is 0 Å². The Morgan fingerprint density at radius 2 is 1.86 bits per heavy atom. The molecule has 22 heavy (non-hydrogen) atoms.